The minimum Gasteiger partial charge on any atom is -0.352 e. The first-order valence-electron chi connectivity index (χ1n) is 7.03. The number of hydrogen-bond donors (Lipinski definition) is 1. The van der Waals surface area contributed by atoms with Gasteiger partial charge in [-0.25, -0.2) is 9.97 Å². The zero-order valence-electron chi connectivity index (χ0n) is 12.6. The van der Waals surface area contributed by atoms with Crippen molar-refractivity contribution in [3.05, 3.63) is 48.3 Å². The lowest BCUT2D eigenvalue weighted by Gasteiger charge is -2.17. The van der Waals surface area contributed by atoms with E-state index in [-0.39, 0.29) is 5.91 Å². The molecule has 1 atom stereocenters. The molecule has 0 bridgehead atoms. The number of rotatable bonds is 5. The number of carbonyl (C=O) groups is 1. The molecule has 5 nitrogen and oxygen atoms in total. The Hall–Kier alpha value is -2.43. The molecule has 1 aromatic heterocycles. The molecule has 0 radical (unpaired) electrons. The van der Waals surface area contributed by atoms with Crippen molar-refractivity contribution in [2.45, 2.75) is 26.3 Å². The summed E-state index contributed by atoms with van der Waals surface area (Å²) in [7, 11) is 1.74. The van der Waals surface area contributed by atoms with Crippen LogP contribution in [0.2, 0.25) is 0 Å². The second-order valence-corrected chi connectivity index (χ2v) is 4.95. The molecule has 5 heteroatoms. The van der Waals surface area contributed by atoms with E-state index in [9.17, 15) is 4.79 Å². The van der Waals surface area contributed by atoms with Gasteiger partial charge in [-0.3, -0.25) is 4.79 Å². The van der Waals surface area contributed by atoms with Crippen LogP contribution in [0.1, 0.15) is 30.6 Å². The number of carbonyl (C=O) groups excluding carboxylic acids is 1. The molecule has 0 aliphatic carbocycles. The highest BCUT2D eigenvalue weighted by atomic mass is 16.2. The van der Waals surface area contributed by atoms with Crippen molar-refractivity contribution in [1.29, 1.82) is 0 Å². The van der Waals surface area contributed by atoms with E-state index in [0.717, 1.165) is 12.1 Å². The zero-order chi connectivity index (χ0) is 15.2. The SMILES string of the molecule is CCC(C)Nc1ncc(C(=O)N(C)c2ccccc2)cn1. The van der Waals surface area contributed by atoms with Gasteiger partial charge < -0.3 is 10.2 Å². The van der Waals surface area contributed by atoms with Crippen LogP contribution < -0.4 is 10.2 Å². The lowest BCUT2D eigenvalue weighted by atomic mass is 10.2. The zero-order valence-corrected chi connectivity index (χ0v) is 12.6. The van der Waals surface area contributed by atoms with Gasteiger partial charge in [0.15, 0.2) is 0 Å². The first-order valence-corrected chi connectivity index (χ1v) is 7.03. The van der Waals surface area contributed by atoms with Crippen molar-refractivity contribution in [1.82, 2.24) is 9.97 Å². The van der Waals surface area contributed by atoms with E-state index in [2.05, 4.69) is 29.1 Å². The summed E-state index contributed by atoms with van der Waals surface area (Å²) in [5, 5.41) is 3.17. The Labute approximate surface area is 125 Å². The average molecular weight is 284 g/mol. The molecule has 2 aromatic rings. The van der Waals surface area contributed by atoms with Crippen LogP contribution in [0.3, 0.4) is 0 Å². The number of hydrogen-bond acceptors (Lipinski definition) is 4. The lowest BCUT2D eigenvalue weighted by molar-refractivity contribution is 0.0992. The molecular weight excluding hydrogens is 264 g/mol. The summed E-state index contributed by atoms with van der Waals surface area (Å²) < 4.78 is 0. The normalized spacial score (nSPS) is 11.8. The molecule has 0 aliphatic rings. The van der Waals surface area contributed by atoms with Crippen LogP contribution in [0.5, 0.6) is 0 Å². The summed E-state index contributed by atoms with van der Waals surface area (Å²) in [5.41, 5.74) is 1.31. The van der Waals surface area contributed by atoms with Gasteiger partial charge in [0.1, 0.15) is 0 Å². The summed E-state index contributed by atoms with van der Waals surface area (Å²) in [6.45, 7) is 4.15. The van der Waals surface area contributed by atoms with Crippen LogP contribution >= 0.6 is 0 Å². The van der Waals surface area contributed by atoms with Crippen molar-refractivity contribution in [2.24, 2.45) is 0 Å². The molecule has 1 N–H and O–H groups in total. The Morgan fingerprint density at radius 3 is 2.43 bits per heavy atom. The standard InChI is InChI=1S/C16H20N4O/c1-4-12(2)19-16-17-10-13(11-18-16)15(21)20(3)14-8-6-5-7-9-14/h5-12H,4H2,1-3H3,(H,17,18,19). The summed E-state index contributed by atoms with van der Waals surface area (Å²) in [5.74, 6) is 0.416. The van der Waals surface area contributed by atoms with Crippen LogP contribution in [-0.4, -0.2) is 29.0 Å². The minimum atomic E-state index is -0.128. The first-order chi connectivity index (χ1) is 10.1. The third-order valence-corrected chi connectivity index (χ3v) is 3.33. The summed E-state index contributed by atoms with van der Waals surface area (Å²) in [6.07, 6.45) is 4.10. The average Bonchev–Trinajstić information content (AvgIpc) is 2.55. The van der Waals surface area contributed by atoms with Gasteiger partial charge in [-0.2, -0.15) is 0 Å². The van der Waals surface area contributed by atoms with Crippen LogP contribution in [0.25, 0.3) is 0 Å². The highest BCUT2D eigenvalue weighted by molar-refractivity contribution is 6.05. The smallest absolute Gasteiger partial charge is 0.261 e. The number of amides is 1. The van der Waals surface area contributed by atoms with Crippen molar-refractivity contribution >= 4 is 17.5 Å². The van der Waals surface area contributed by atoms with Gasteiger partial charge >= 0.3 is 0 Å². The summed E-state index contributed by atoms with van der Waals surface area (Å²) in [4.78, 5) is 22.3. The molecule has 1 amide bonds. The molecule has 0 saturated carbocycles. The molecule has 21 heavy (non-hydrogen) atoms. The number of nitrogens with one attached hydrogen (secondary N) is 1. The van der Waals surface area contributed by atoms with Gasteiger partial charge in [-0.05, 0) is 25.5 Å². The minimum absolute atomic E-state index is 0.128. The van der Waals surface area contributed by atoms with Crippen LogP contribution in [0.4, 0.5) is 11.6 Å². The molecule has 1 heterocycles. The predicted octanol–water partition coefficient (Wildman–Crippen LogP) is 2.96. The van der Waals surface area contributed by atoms with Crippen molar-refractivity contribution in [3.63, 3.8) is 0 Å². The van der Waals surface area contributed by atoms with Gasteiger partial charge in [-0.1, -0.05) is 25.1 Å². The Morgan fingerprint density at radius 1 is 1.24 bits per heavy atom. The number of anilines is 2. The van der Waals surface area contributed by atoms with E-state index in [0.29, 0.717) is 17.6 Å². The highest BCUT2D eigenvalue weighted by Crippen LogP contribution is 2.14. The van der Waals surface area contributed by atoms with E-state index >= 15 is 0 Å². The van der Waals surface area contributed by atoms with Gasteiger partial charge in [0.2, 0.25) is 5.95 Å². The maximum atomic E-state index is 12.4. The molecule has 0 fully saturated rings. The van der Waals surface area contributed by atoms with Gasteiger partial charge in [0, 0.05) is 31.2 Å². The molecule has 1 unspecified atom stereocenters. The van der Waals surface area contributed by atoms with E-state index in [1.165, 1.54) is 0 Å². The topological polar surface area (TPSA) is 58.1 Å². The Kier molecular flexibility index (Phi) is 4.87. The second kappa shape index (κ2) is 6.83. The fourth-order valence-electron chi connectivity index (χ4n) is 1.80. The third kappa shape index (κ3) is 3.78. The van der Waals surface area contributed by atoms with E-state index in [1.54, 1.807) is 24.3 Å². The fourth-order valence-corrected chi connectivity index (χ4v) is 1.80. The van der Waals surface area contributed by atoms with Crippen LogP contribution in [0, 0.1) is 0 Å². The van der Waals surface area contributed by atoms with Gasteiger partial charge in [0.25, 0.3) is 5.91 Å². The number of nitrogens with zero attached hydrogens (tertiary/aromatic N) is 3. The molecule has 0 saturated heterocycles. The van der Waals surface area contributed by atoms with E-state index in [1.807, 2.05) is 30.3 Å². The Bertz CT molecular complexity index is 583. The maximum absolute atomic E-state index is 12.4. The van der Waals surface area contributed by atoms with Crippen molar-refractivity contribution in [3.8, 4) is 0 Å². The monoisotopic (exact) mass is 284 g/mol. The van der Waals surface area contributed by atoms with Crippen LogP contribution in [-0.2, 0) is 0 Å². The van der Waals surface area contributed by atoms with Crippen molar-refractivity contribution < 1.29 is 4.79 Å². The molecule has 0 spiro atoms. The lowest BCUT2D eigenvalue weighted by Crippen LogP contribution is -2.26. The van der Waals surface area contributed by atoms with Gasteiger partial charge in [-0.15, -0.1) is 0 Å². The third-order valence-electron chi connectivity index (χ3n) is 3.33. The quantitative estimate of drug-likeness (QED) is 0.917. The summed E-state index contributed by atoms with van der Waals surface area (Å²) >= 11 is 0. The molecule has 2 rings (SSSR count). The van der Waals surface area contributed by atoms with E-state index in [4.69, 9.17) is 0 Å². The number of aromatic nitrogens is 2. The summed E-state index contributed by atoms with van der Waals surface area (Å²) in [6, 6.07) is 9.79. The predicted molar refractivity (Wildman–Crippen MR) is 84.6 cm³/mol. The largest absolute Gasteiger partial charge is 0.352 e. The Morgan fingerprint density at radius 2 is 1.86 bits per heavy atom. The highest BCUT2D eigenvalue weighted by Gasteiger charge is 2.14. The van der Waals surface area contributed by atoms with Gasteiger partial charge in [0.05, 0.1) is 5.56 Å². The van der Waals surface area contributed by atoms with Crippen LogP contribution in [0.15, 0.2) is 42.7 Å². The fraction of sp³-hybridized carbons (Fsp3) is 0.312. The molecule has 0 aliphatic heterocycles. The number of para-hydroxylation sites is 1. The first kappa shape index (κ1) is 15.0. The second-order valence-electron chi connectivity index (χ2n) is 4.95. The molecule has 1 aromatic carbocycles. The maximum Gasteiger partial charge on any atom is 0.261 e. The molecular formula is C16H20N4O. The van der Waals surface area contributed by atoms with Crippen molar-refractivity contribution in [2.75, 3.05) is 17.3 Å². The molecule has 110 valence electrons. The van der Waals surface area contributed by atoms with E-state index < -0.39 is 0 Å². The Balaban J connectivity index is 2.09. The number of benzene rings is 1.